The van der Waals surface area contributed by atoms with Gasteiger partial charge in [0.05, 0.1) is 12.2 Å². The number of ether oxygens (including phenoxy) is 1. The summed E-state index contributed by atoms with van der Waals surface area (Å²) >= 11 is 5.51. The van der Waals surface area contributed by atoms with Crippen LogP contribution in [0.4, 0.5) is 23.7 Å². The third-order valence-corrected chi connectivity index (χ3v) is 2.01. The fourth-order valence-corrected chi connectivity index (χ4v) is 1.35. The number of aliphatic hydroxyl groups excluding tert-OH is 1. The molecule has 1 aromatic rings. The molecule has 0 saturated heterocycles. The molecular weight excluding hydrogens is 275 g/mol. The van der Waals surface area contributed by atoms with E-state index in [1.54, 1.807) is 0 Å². The molecule has 1 aromatic carbocycles. The quantitative estimate of drug-likeness (QED) is 0.897. The van der Waals surface area contributed by atoms with Crippen LogP contribution in [0.25, 0.3) is 0 Å². The molecule has 1 rings (SSSR count). The van der Waals surface area contributed by atoms with Gasteiger partial charge in [-0.2, -0.15) is 13.2 Å². The van der Waals surface area contributed by atoms with Crippen LogP contribution >= 0.6 is 11.6 Å². The molecule has 1 amide bonds. The molecule has 0 aliphatic carbocycles. The van der Waals surface area contributed by atoms with Crippen molar-refractivity contribution in [2.24, 2.45) is 0 Å². The van der Waals surface area contributed by atoms with Crippen LogP contribution in [-0.4, -0.2) is 24.4 Å². The van der Waals surface area contributed by atoms with Gasteiger partial charge in [0.2, 0.25) is 0 Å². The molecule has 100 valence electrons. The normalized spacial score (nSPS) is 11.2. The van der Waals surface area contributed by atoms with E-state index in [1.807, 2.05) is 0 Å². The highest BCUT2D eigenvalue weighted by atomic mass is 35.5. The number of hydrogen-bond donors (Lipinski definition) is 2. The summed E-state index contributed by atoms with van der Waals surface area (Å²) in [7, 11) is 0. The molecule has 2 N–H and O–H groups in total. The highest BCUT2D eigenvalue weighted by Crippen LogP contribution is 2.33. The first kappa shape index (κ1) is 14.6. The van der Waals surface area contributed by atoms with Crippen molar-refractivity contribution in [3.8, 4) is 0 Å². The van der Waals surface area contributed by atoms with Gasteiger partial charge in [-0.25, -0.2) is 4.79 Å². The smallest absolute Gasteiger partial charge is 0.416 e. The van der Waals surface area contributed by atoms with E-state index in [0.29, 0.717) is 0 Å². The molecular formula is C10H9ClF3NO3. The number of alkyl halides is 3. The van der Waals surface area contributed by atoms with E-state index in [9.17, 15) is 18.0 Å². The lowest BCUT2D eigenvalue weighted by Gasteiger charge is -2.11. The summed E-state index contributed by atoms with van der Waals surface area (Å²) < 4.78 is 41.8. The average molecular weight is 284 g/mol. The maximum absolute atomic E-state index is 12.5. The zero-order valence-electron chi connectivity index (χ0n) is 8.92. The van der Waals surface area contributed by atoms with Gasteiger partial charge >= 0.3 is 12.3 Å². The van der Waals surface area contributed by atoms with Gasteiger partial charge in [-0.05, 0) is 18.2 Å². The average Bonchev–Trinajstić information content (AvgIpc) is 2.24. The fraction of sp³-hybridized carbons (Fsp3) is 0.300. The van der Waals surface area contributed by atoms with Crippen molar-refractivity contribution >= 4 is 23.4 Å². The number of benzene rings is 1. The minimum absolute atomic E-state index is 0.141. The molecule has 0 unspecified atom stereocenters. The predicted octanol–water partition coefficient (Wildman–Crippen LogP) is 2.90. The van der Waals surface area contributed by atoms with Gasteiger partial charge in [-0.1, -0.05) is 11.6 Å². The number of amides is 1. The van der Waals surface area contributed by atoms with Gasteiger partial charge in [-0.3, -0.25) is 5.32 Å². The topological polar surface area (TPSA) is 58.6 Å². The zero-order valence-corrected chi connectivity index (χ0v) is 9.68. The van der Waals surface area contributed by atoms with Crippen molar-refractivity contribution in [2.45, 2.75) is 6.18 Å². The molecule has 8 heteroatoms. The molecule has 18 heavy (non-hydrogen) atoms. The maximum atomic E-state index is 12.5. The Kier molecular flexibility index (Phi) is 4.80. The largest absolute Gasteiger partial charge is 0.447 e. The van der Waals surface area contributed by atoms with Gasteiger partial charge in [-0.15, -0.1) is 0 Å². The first-order valence-electron chi connectivity index (χ1n) is 4.75. The van der Waals surface area contributed by atoms with Crippen LogP contribution in [0.2, 0.25) is 5.02 Å². The number of halogens is 4. The predicted molar refractivity (Wildman–Crippen MR) is 58.5 cm³/mol. The molecule has 0 fully saturated rings. The standard InChI is InChI=1S/C10H9ClF3NO3/c11-7-3-6(10(12,13)14)4-8(5-7)15-9(17)18-2-1-16/h3-5,16H,1-2H2,(H,15,17). The van der Waals surface area contributed by atoms with E-state index in [4.69, 9.17) is 16.7 Å². The van der Waals surface area contributed by atoms with E-state index in [1.165, 1.54) is 0 Å². The molecule has 0 atom stereocenters. The summed E-state index contributed by atoms with van der Waals surface area (Å²) in [4.78, 5) is 11.1. The highest BCUT2D eigenvalue weighted by Gasteiger charge is 2.31. The van der Waals surface area contributed by atoms with Crippen molar-refractivity contribution in [3.05, 3.63) is 28.8 Å². The lowest BCUT2D eigenvalue weighted by Crippen LogP contribution is -2.16. The third kappa shape index (κ3) is 4.42. The zero-order chi connectivity index (χ0) is 13.8. The van der Waals surface area contributed by atoms with E-state index in [0.717, 1.165) is 18.2 Å². The molecule has 0 heterocycles. The van der Waals surface area contributed by atoms with Crippen LogP contribution in [0.3, 0.4) is 0 Å². The second-order valence-corrected chi connectivity index (χ2v) is 3.65. The van der Waals surface area contributed by atoms with E-state index < -0.39 is 17.8 Å². The highest BCUT2D eigenvalue weighted by molar-refractivity contribution is 6.31. The van der Waals surface area contributed by atoms with E-state index >= 15 is 0 Å². The molecule has 0 aliphatic rings. The molecule has 0 spiro atoms. The Morgan fingerprint density at radius 3 is 2.61 bits per heavy atom. The van der Waals surface area contributed by atoms with Gasteiger partial charge in [0.1, 0.15) is 6.61 Å². The SMILES string of the molecule is O=C(Nc1cc(Cl)cc(C(F)(F)F)c1)OCCO. The molecule has 0 radical (unpaired) electrons. The molecule has 0 aromatic heterocycles. The molecule has 4 nitrogen and oxygen atoms in total. The molecule has 0 bridgehead atoms. The Labute approximate surface area is 105 Å². The maximum Gasteiger partial charge on any atom is 0.416 e. The van der Waals surface area contributed by atoms with Crippen molar-refractivity contribution in [1.82, 2.24) is 0 Å². The van der Waals surface area contributed by atoms with Crippen LogP contribution in [0, 0.1) is 0 Å². The minimum atomic E-state index is -4.56. The summed E-state index contributed by atoms with van der Waals surface area (Å²) in [5.74, 6) is 0. The van der Waals surface area contributed by atoms with E-state index in [-0.39, 0.29) is 23.9 Å². The first-order chi connectivity index (χ1) is 8.32. The number of carbonyl (C=O) groups excluding carboxylic acids is 1. The van der Waals surface area contributed by atoms with Crippen LogP contribution in [-0.2, 0) is 10.9 Å². The minimum Gasteiger partial charge on any atom is -0.447 e. The van der Waals surface area contributed by atoms with Gasteiger partial charge < -0.3 is 9.84 Å². The molecule has 0 saturated carbocycles. The molecule has 0 aliphatic heterocycles. The monoisotopic (exact) mass is 283 g/mol. The van der Waals surface area contributed by atoms with Crippen LogP contribution in [0.1, 0.15) is 5.56 Å². The Morgan fingerprint density at radius 2 is 2.06 bits per heavy atom. The Balaban J connectivity index is 2.84. The second-order valence-electron chi connectivity index (χ2n) is 3.21. The van der Waals surface area contributed by atoms with Crippen LogP contribution < -0.4 is 5.32 Å². The summed E-state index contributed by atoms with van der Waals surface area (Å²) in [6.45, 7) is -0.630. The number of hydrogen-bond acceptors (Lipinski definition) is 3. The Hall–Kier alpha value is -1.47. The number of anilines is 1. The van der Waals surface area contributed by atoms with Crippen LogP contribution in [0.5, 0.6) is 0 Å². The van der Waals surface area contributed by atoms with Crippen LogP contribution in [0.15, 0.2) is 18.2 Å². The summed E-state index contributed by atoms with van der Waals surface area (Å²) in [5, 5.41) is 10.3. The van der Waals surface area contributed by atoms with Gasteiger partial charge in [0.15, 0.2) is 0 Å². The van der Waals surface area contributed by atoms with Crippen molar-refractivity contribution in [2.75, 3.05) is 18.5 Å². The summed E-state index contributed by atoms with van der Waals surface area (Å²) in [5.41, 5.74) is -1.12. The van der Waals surface area contributed by atoms with Gasteiger partial charge in [0.25, 0.3) is 0 Å². The lowest BCUT2D eigenvalue weighted by molar-refractivity contribution is -0.137. The number of aliphatic hydroxyl groups is 1. The second kappa shape index (κ2) is 5.92. The summed E-state index contributed by atoms with van der Waals surface area (Å²) in [6.07, 6.45) is -5.53. The summed E-state index contributed by atoms with van der Waals surface area (Å²) in [6, 6.07) is 2.62. The van der Waals surface area contributed by atoms with Crippen molar-refractivity contribution in [1.29, 1.82) is 0 Å². The number of nitrogens with one attached hydrogen (secondary N) is 1. The first-order valence-corrected chi connectivity index (χ1v) is 5.13. The Morgan fingerprint density at radius 1 is 1.39 bits per heavy atom. The fourth-order valence-electron chi connectivity index (χ4n) is 1.12. The lowest BCUT2D eigenvalue weighted by atomic mass is 10.2. The number of carbonyl (C=O) groups is 1. The van der Waals surface area contributed by atoms with Crippen molar-refractivity contribution < 1.29 is 27.8 Å². The third-order valence-electron chi connectivity index (χ3n) is 1.80. The van der Waals surface area contributed by atoms with Gasteiger partial charge in [0, 0.05) is 10.7 Å². The van der Waals surface area contributed by atoms with E-state index in [2.05, 4.69) is 10.1 Å². The Bertz CT molecular complexity index is 437. The number of rotatable bonds is 3. The van der Waals surface area contributed by atoms with Crippen molar-refractivity contribution in [3.63, 3.8) is 0 Å².